The molecule has 0 saturated heterocycles. The van der Waals surface area contributed by atoms with Gasteiger partial charge >= 0.3 is 0 Å². The molecule has 0 aliphatic rings. The largest absolute Gasteiger partial charge is 0.481 e. The van der Waals surface area contributed by atoms with Gasteiger partial charge in [0.05, 0.1) is 7.11 Å². The second-order valence-corrected chi connectivity index (χ2v) is 2.89. The van der Waals surface area contributed by atoms with E-state index < -0.39 is 0 Å². The average molecular weight is 166 g/mol. The number of hydrogen-bond acceptors (Lipinski definition) is 3. The third kappa shape index (κ3) is 2.51. The fraction of sp³-hybridized carbons (Fsp3) is 0.444. The zero-order valence-electron chi connectivity index (χ0n) is 7.45. The minimum atomic E-state index is 0.181. The second-order valence-electron chi connectivity index (χ2n) is 2.89. The average Bonchev–Trinajstić information content (AvgIpc) is 2.05. The molecule has 0 aliphatic carbocycles. The van der Waals surface area contributed by atoms with Crippen LogP contribution in [0.2, 0.25) is 0 Å². The summed E-state index contributed by atoms with van der Waals surface area (Å²) in [6, 6.07) is 4.01. The molecule has 0 amide bonds. The lowest BCUT2D eigenvalue weighted by atomic mass is 10.1. The standard InChI is InChI=1S/C9H14N2O/c1-7(10)5-8-3-4-9(12-2)11-6-8/h3-4,6-7H,5,10H2,1-2H3/t7-/m1/s1. The molecule has 3 heteroatoms. The molecule has 12 heavy (non-hydrogen) atoms. The molecule has 0 spiro atoms. The number of pyridine rings is 1. The molecule has 66 valence electrons. The molecule has 2 N–H and O–H groups in total. The van der Waals surface area contributed by atoms with Gasteiger partial charge in [-0.15, -0.1) is 0 Å². The molecule has 1 aromatic heterocycles. The summed E-state index contributed by atoms with van der Waals surface area (Å²) in [5.41, 5.74) is 6.78. The minimum absolute atomic E-state index is 0.181. The van der Waals surface area contributed by atoms with Gasteiger partial charge in [-0.25, -0.2) is 4.98 Å². The van der Waals surface area contributed by atoms with Crippen LogP contribution in [0.1, 0.15) is 12.5 Å². The first-order valence-corrected chi connectivity index (χ1v) is 3.97. The Morgan fingerprint density at radius 3 is 2.75 bits per heavy atom. The van der Waals surface area contributed by atoms with Gasteiger partial charge in [-0.05, 0) is 18.9 Å². The van der Waals surface area contributed by atoms with Crippen molar-refractivity contribution in [3.05, 3.63) is 23.9 Å². The molecule has 0 aromatic carbocycles. The van der Waals surface area contributed by atoms with Gasteiger partial charge < -0.3 is 10.5 Å². The van der Waals surface area contributed by atoms with Crippen LogP contribution in [0.5, 0.6) is 5.88 Å². The summed E-state index contributed by atoms with van der Waals surface area (Å²) in [7, 11) is 1.60. The first kappa shape index (κ1) is 9.00. The number of nitrogens with zero attached hydrogens (tertiary/aromatic N) is 1. The van der Waals surface area contributed by atoms with Crippen LogP contribution in [-0.2, 0) is 6.42 Å². The van der Waals surface area contributed by atoms with Crippen molar-refractivity contribution in [1.29, 1.82) is 0 Å². The topological polar surface area (TPSA) is 48.1 Å². The van der Waals surface area contributed by atoms with Gasteiger partial charge in [-0.1, -0.05) is 6.07 Å². The number of methoxy groups -OCH3 is 1. The fourth-order valence-electron chi connectivity index (χ4n) is 1.02. The summed E-state index contributed by atoms with van der Waals surface area (Å²) in [6.45, 7) is 1.98. The molecule has 0 radical (unpaired) electrons. The Morgan fingerprint density at radius 2 is 2.33 bits per heavy atom. The van der Waals surface area contributed by atoms with E-state index in [4.69, 9.17) is 10.5 Å². The van der Waals surface area contributed by atoms with E-state index in [1.165, 1.54) is 0 Å². The van der Waals surface area contributed by atoms with Gasteiger partial charge in [0.25, 0.3) is 0 Å². The minimum Gasteiger partial charge on any atom is -0.481 e. The summed E-state index contributed by atoms with van der Waals surface area (Å²) in [5, 5.41) is 0. The highest BCUT2D eigenvalue weighted by atomic mass is 16.5. The molecule has 0 bridgehead atoms. The van der Waals surface area contributed by atoms with E-state index in [1.54, 1.807) is 13.3 Å². The molecule has 1 rings (SSSR count). The summed E-state index contributed by atoms with van der Waals surface area (Å²) < 4.78 is 4.93. The highest BCUT2D eigenvalue weighted by molar-refractivity contribution is 5.18. The molecule has 0 aliphatic heterocycles. The van der Waals surface area contributed by atoms with Gasteiger partial charge in [-0.2, -0.15) is 0 Å². The highest BCUT2D eigenvalue weighted by Crippen LogP contribution is 2.07. The van der Waals surface area contributed by atoms with Crippen molar-refractivity contribution in [1.82, 2.24) is 4.98 Å². The SMILES string of the molecule is COc1ccc(C[C@@H](C)N)cn1. The smallest absolute Gasteiger partial charge is 0.212 e. The lowest BCUT2D eigenvalue weighted by molar-refractivity contribution is 0.397. The Hall–Kier alpha value is -1.09. The van der Waals surface area contributed by atoms with E-state index in [0.29, 0.717) is 5.88 Å². The molecular weight excluding hydrogens is 152 g/mol. The molecule has 3 nitrogen and oxygen atoms in total. The molecule has 0 saturated carbocycles. The van der Waals surface area contributed by atoms with Crippen LogP contribution in [0.3, 0.4) is 0 Å². The van der Waals surface area contributed by atoms with E-state index in [0.717, 1.165) is 12.0 Å². The first-order chi connectivity index (χ1) is 5.72. The van der Waals surface area contributed by atoms with Gasteiger partial charge in [-0.3, -0.25) is 0 Å². The number of aromatic nitrogens is 1. The van der Waals surface area contributed by atoms with Crippen molar-refractivity contribution in [2.75, 3.05) is 7.11 Å². The fourth-order valence-corrected chi connectivity index (χ4v) is 1.02. The van der Waals surface area contributed by atoms with Crippen molar-refractivity contribution in [3.63, 3.8) is 0 Å². The normalized spacial score (nSPS) is 12.6. The molecule has 0 fully saturated rings. The van der Waals surface area contributed by atoms with Gasteiger partial charge in [0.15, 0.2) is 0 Å². The van der Waals surface area contributed by atoms with E-state index in [-0.39, 0.29) is 6.04 Å². The van der Waals surface area contributed by atoms with Crippen LogP contribution in [0.4, 0.5) is 0 Å². The Morgan fingerprint density at radius 1 is 1.58 bits per heavy atom. The van der Waals surface area contributed by atoms with Crippen molar-refractivity contribution >= 4 is 0 Å². The Kier molecular flexibility index (Phi) is 3.05. The van der Waals surface area contributed by atoms with Crippen molar-refractivity contribution < 1.29 is 4.74 Å². The Bertz CT molecular complexity index is 231. The van der Waals surface area contributed by atoms with Crippen LogP contribution >= 0.6 is 0 Å². The summed E-state index contributed by atoms with van der Waals surface area (Å²) in [4.78, 5) is 4.07. The highest BCUT2D eigenvalue weighted by Gasteiger charge is 1.98. The number of hydrogen-bond donors (Lipinski definition) is 1. The molecule has 1 atom stereocenters. The van der Waals surface area contributed by atoms with Crippen LogP contribution in [0.15, 0.2) is 18.3 Å². The zero-order valence-corrected chi connectivity index (χ0v) is 7.45. The van der Waals surface area contributed by atoms with E-state index in [1.807, 2.05) is 19.1 Å². The maximum Gasteiger partial charge on any atom is 0.212 e. The molecule has 1 heterocycles. The second kappa shape index (κ2) is 4.07. The lowest BCUT2D eigenvalue weighted by Gasteiger charge is -2.04. The molecular formula is C9H14N2O. The van der Waals surface area contributed by atoms with E-state index in [2.05, 4.69) is 4.98 Å². The predicted octanol–water partition coefficient (Wildman–Crippen LogP) is 0.980. The first-order valence-electron chi connectivity index (χ1n) is 3.97. The van der Waals surface area contributed by atoms with Crippen molar-refractivity contribution in [2.45, 2.75) is 19.4 Å². The summed E-state index contributed by atoms with van der Waals surface area (Å²) in [6.07, 6.45) is 2.65. The van der Waals surface area contributed by atoms with Gasteiger partial charge in [0.2, 0.25) is 5.88 Å². The van der Waals surface area contributed by atoms with Crippen LogP contribution in [0.25, 0.3) is 0 Å². The van der Waals surface area contributed by atoms with Crippen molar-refractivity contribution in [2.24, 2.45) is 5.73 Å². The summed E-state index contributed by atoms with van der Waals surface area (Å²) >= 11 is 0. The lowest BCUT2D eigenvalue weighted by Crippen LogP contribution is -2.17. The Balaban J connectivity index is 2.65. The van der Waals surface area contributed by atoms with Gasteiger partial charge in [0, 0.05) is 18.3 Å². The van der Waals surface area contributed by atoms with Crippen LogP contribution in [-0.4, -0.2) is 18.1 Å². The molecule has 0 unspecified atom stereocenters. The quantitative estimate of drug-likeness (QED) is 0.728. The van der Waals surface area contributed by atoms with Crippen molar-refractivity contribution in [3.8, 4) is 5.88 Å². The third-order valence-corrected chi connectivity index (χ3v) is 1.56. The van der Waals surface area contributed by atoms with Crippen LogP contribution in [0, 0.1) is 0 Å². The monoisotopic (exact) mass is 166 g/mol. The number of nitrogens with two attached hydrogens (primary N) is 1. The Labute approximate surface area is 72.6 Å². The van der Waals surface area contributed by atoms with Gasteiger partial charge in [0.1, 0.15) is 0 Å². The predicted molar refractivity (Wildman–Crippen MR) is 48.1 cm³/mol. The number of rotatable bonds is 3. The summed E-state index contributed by atoms with van der Waals surface area (Å²) in [5.74, 6) is 0.642. The maximum atomic E-state index is 5.64. The van der Waals surface area contributed by atoms with E-state index in [9.17, 15) is 0 Å². The number of ether oxygens (including phenoxy) is 1. The zero-order chi connectivity index (χ0) is 8.97. The maximum absolute atomic E-state index is 5.64. The van der Waals surface area contributed by atoms with E-state index >= 15 is 0 Å². The third-order valence-electron chi connectivity index (χ3n) is 1.56. The van der Waals surface area contributed by atoms with Crippen LogP contribution < -0.4 is 10.5 Å². The molecule has 1 aromatic rings.